The second kappa shape index (κ2) is 6.48. The number of piperidine rings is 1. The molecule has 134 valence electrons. The predicted molar refractivity (Wildman–Crippen MR) is 107 cm³/mol. The smallest absolute Gasteiger partial charge is 0.133 e. The maximum absolute atomic E-state index is 5.52. The Hall–Kier alpha value is -2.26. The third kappa shape index (κ3) is 2.80. The normalized spacial score (nSPS) is 21.1. The molecule has 0 amide bonds. The molecule has 0 aliphatic carbocycles. The average molecular weight is 346 g/mol. The van der Waals surface area contributed by atoms with Gasteiger partial charge in [0.05, 0.1) is 6.26 Å². The van der Waals surface area contributed by atoms with E-state index in [0.29, 0.717) is 5.92 Å². The molecule has 0 bridgehead atoms. The molecule has 3 heterocycles. The van der Waals surface area contributed by atoms with Crippen LogP contribution in [0.1, 0.15) is 41.9 Å². The van der Waals surface area contributed by atoms with E-state index in [1.807, 2.05) is 0 Å². The molecule has 1 saturated heterocycles. The Morgan fingerprint density at radius 1 is 0.962 bits per heavy atom. The second-order valence-corrected chi connectivity index (χ2v) is 7.90. The minimum Gasteiger partial charge on any atom is -0.464 e. The van der Waals surface area contributed by atoms with Gasteiger partial charge in [0.2, 0.25) is 0 Å². The Kier molecular flexibility index (Phi) is 3.97. The summed E-state index contributed by atoms with van der Waals surface area (Å²) in [6.07, 6.45) is 5.80. The van der Waals surface area contributed by atoms with Crippen molar-refractivity contribution in [1.29, 1.82) is 0 Å². The molecule has 3 nitrogen and oxygen atoms in total. The summed E-state index contributed by atoms with van der Waals surface area (Å²) < 4.78 is 5.52. The molecule has 3 heteroatoms. The summed E-state index contributed by atoms with van der Waals surface area (Å²) in [5.74, 6) is 0.429. The number of nitrogens with zero attached hydrogens (tertiary/aromatic N) is 2. The van der Waals surface area contributed by atoms with Gasteiger partial charge in [-0.3, -0.25) is 0 Å². The summed E-state index contributed by atoms with van der Waals surface area (Å²) in [6, 6.07) is 15.9. The first kappa shape index (κ1) is 16.0. The molecule has 1 unspecified atom stereocenters. The van der Waals surface area contributed by atoms with Crippen molar-refractivity contribution in [1.82, 2.24) is 4.90 Å². The zero-order valence-corrected chi connectivity index (χ0v) is 15.4. The Morgan fingerprint density at radius 2 is 1.85 bits per heavy atom. The molecule has 1 aromatic heterocycles. The molecule has 0 spiro atoms. The van der Waals surface area contributed by atoms with Gasteiger partial charge in [-0.25, -0.2) is 0 Å². The van der Waals surface area contributed by atoms with Crippen LogP contribution in [0, 0.1) is 0 Å². The summed E-state index contributed by atoms with van der Waals surface area (Å²) in [5.41, 5.74) is 6.74. The third-order valence-electron chi connectivity index (χ3n) is 6.04. The zero-order valence-electron chi connectivity index (χ0n) is 15.4. The van der Waals surface area contributed by atoms with Gasteiger partial charge >= 0.3 is 0 Å². The van der Waals surface area contributed by atoms with Gasteiger partial charge in [0.15, 0.2) is 0 Å². The Morgan fingerprint density at radius 3 is 2.73 bits per heavy atom. The van der Waals surface area contributed by atoms with Crippen molar-refractivity contribution in [2.75, 3.05) is 31.6 Å². The van der Waals surface area contributed by atoms with E-state index in [1.54, 1.807) is 6.26 Å². The highest BCUT2D eigenvalue weighted by Crippen LogP contribution is 2.36. The van der Waals surface area contributed by atoms with Gasteiger partial charge in [-0.2, -0.15) is 0 Å². The molecule has 3 aromatic rings. The van der Waals surface area contributed by atoms with Gasteiger partial charge in [-0.05, 0) is 73.3 Å². The van der Waals surface area contributed by atoms with E-state index < -0.39 is 0 Å². The van der Waals surface area contributed by atoms with Gasteiger partial charge in [-0.15, -0.1) is 0 Å². The molecular weight excluding hydrogens is 320 g/mol. The van der Waals surface area contributed by atoms with E-state index in [-0.39, 0.29) is 0 Å². The minimum absolute atomic E-state index is 0.429. The van der Waals surface area contributed by atoms with Crippen molar-refractivity contribution in [3.05, 3.63) is 65.4 Å². The average Bonchev–Trinajstić information content (AvgIpc) is 3.15. The van der Waals surface area contributed by atoms with Crippen LogP contribution in [0.2, 0.25) is 0 Å². The summed E-state index contributed by atoms with van der Waals surface area (Å²) in [4.78, 5) is 5.01. The second-order valence-electron chi connectivity index (χ2n) is 7.90. The Labute approximate surface area is 155 Å². The highest BCUT2D eigenvalue weighted by atomic mass is 16.3. The number of rotatable bonds is 2. The number of hydrogen-bond donors (Lipinski definition) is 0. The summed E-state index contributed by atoms with van der Waals surface area (Å²) in [6.45, 7) is 4.52. The fourth-order valence-corrected chi connectivity index (χ4v) is 4.67. The lowest BCUT2D eigenvalue weighted by atomic mass is 9.84. The van der Waals surface area contributed by atoms with Crippen LogP contribution in [0.5, 0.6) is 0 Å². The molecule has 26 heavy (non-hydrogen) atoms. The minimum atomic E-state index is 0.429. The van der Waals surface area contributed by atoms with E-state index in [2.05, 4.69) is 59.3 Å². The maximum atomic E-state index is 5.52. The van der Waals surface area contributed by atoms with Crippen molar-refractivity contribution >= 4 is 16.7 Å². The van der Waals surface area contributed by atoms with Crippen molar-refractivity contribution in [3.8, 4) is 0 Å². The quantitative estimate of drug-likeness (QED) is 0.651. The maximum Gasteiger partial charge on any atom is 0.133 e. The largest absolute Gasteiger partial charge is 0.464 e. The number of hydrogen-bond acceptors (Lipinski definition) is 3. The molecule has 5 rings (SSSR count). The van der Waals surface area contributed by atoms with Crippen LogP contribution in [0.4, 0.5) is 5.69 Å². The van der Waals surface area contributed by atoms with Crippen LogP contribution in [0.15, 0.2) is 53.1 Å². The number of fused-ring (bicyclic) bond motifs is 2. The van der Waals surface area contributed by atoms with Crippen LogP contribution in [-0.4, -0.2) is 31.6 Å². The van der Waals surface area contributed by atoms with Gasteiger partial charge < -0.3 is 14.2 Å². The number of furan rings is 1. The van der Waals surface area contributed by atoms with Gasteiger partial charge in [0.25, 0.3) is 0 Å². The van der Waals surface area contributed by atoms with E-state index >= 15 is 0 Å². The van der Waals surface area contributed by atoms with Crippen molar-refractivity contribution in [2.45, 2.75) is 31.7 Å². The highest BCUT2D eigenvalue weighted by molar-refractivity contribution is 5.78. The predicted octanol–water partition coefficient (Wildman–Crippen LogP) is 5.00. The molecule has 0 radical (unpaired) electrons. The molecule has 2 aliphatic heterocycles. The fraction of sp³-hybridized carbons (Fsp3) is 0.391. The van der Waals surface area contributed by atoms with Crippen molar-refractivity contribution < 1.29 is 4.42 Å². The summed E-state index contributed by atoms with van der Waals surface area (Å²) in [5, 5.41) is 1.20. The number of likely N-dealkylation sites (N-methyl/N-ethyl adjacent to an activating group) is 1. The van der Waals surface area contributed by atoms with Gasteiger partial charge in [0, 0.05) is 43.2 Å². The van der Waals surface area contributed by atoms with E-state index in [0.717, 1.165) is 18.7 Å². The lowest BCUT2D eigenvalue weighted by molar-refractivity contribution is 0.295. The van der Waals surface area contributed by atoms with Crippen LogP contribution < -0.4 is 4.90 Å². The Bertz CT molecular complexity index is 923. The standard InChI is InChI=1S/C23H26N2O/c1-24-15-19-14-20(25-10-3-2-4-11-25)6-7-21(19)22(16-24)17-5-8-23-18(13-17)9-12-26-23/h5-9,12-14,22H,2-4,10-11,15-16H2,1H3. The van der Waals surface area contributed by atoms with Gasteiger partial charge in [-0.1, -0.05) is 12.1 Å². The molecule has 2 aromatic carbocycles. The van der Waals surface area contributed by atoms with Crippen LogP contribution in [0.25, 0.3) is 11.0 Å². The summed E-state index contributed by atoms with van der Waals surface area (Å²) in [7, 11) is 2.24. The first-order valence-electron chi connectivity index (χ1n) is 9.81. The van der Waals surface area contributed by atoms with Crippen molar-refractivity contribution in [3.63, 3.8) is 0 Å². The van der Waals surface area contributed by atoms with Gasteiger partial charge in [0.1, 0.15) is 5.58 Å². The van der Waals surface area contributed by atoms with E-state index in [4.69, 9.17) is 4.42 Å². The molecule has 1 fully saturated rings. The molecule has 2 aliphatic rings. The van der Waals surface area contributed by atoms with Crippen LogP contribution in [-0.2, 0) is 6.54 Å². The van der Waals surface area contributed by atoms with Crippen molar-refractivity contribution in [2.24, 2.45) is 0 Å². The number of benzene rings is 2. The molecule has 1 atom stereocenters. The topological polar surface area (TPSA) is 19.6 Å². The lowest BCUT2D eigenvalue weighted by Crippen LogP contribution is -2.32. The van der Waals surface area contributed by atoms with Crippen LogP contribution >= 0.6 is 0 Å². The zero-order chi connectivity index (χ0) is 17.5. The SMILES string of the molecule is CN1Cc2cc(N3CCCCC3)ccc2C(c2ccc3occc3c2)C1. The molecule has 0 N–H and O–H groups in total. The molecule has 0 saturated carbocycles. The lowest BCUT2D eigenvalue weighted by Gasteiger charge is -2.35. The Balaban J connectivity index is 1.52. The first-order chi connectivity index (χ1) is 12.8. The third-order valence-corrected chi connectivity index (χ3v) is 6.04. The van der Waals surface area contributed by atoms with E-state index in [1.165, 1.54) is 60.1 Å². The fourth-order valence-electron chi connectivity index (χ4n) is 4.67. The first-order valence-corrected chi connectivity index (χ1v) is 9.81. The van der Waals surface area contributed by atoms with Crippen LogP contribution in [0.3, 0.4) is 0 Å². The molecular formula is C23H26N2O. The summed E-state index contributed by atoms with van der Waals surface area (Å²) >= 11 is 0. The highest BCUT2D eigenvalue weighted by Gasteiger charge is 2.26. The van der Waals surface area contributed by atoms with E-state index in [9.17, 15) is 0 Å². The number of anilines is 1. The monoisotopic (exact) mass is 346 g/mol.